The maximum absolute atomic E-state index is 13.1. The molecule has 0 spiro atoms. The van der Waals surface area contributed by atoms with E-state index in [9.17, 15) is 9.18 Å². The summed E-state index contributed by atoms with van der Waals surface area (Å²) < 4.78 is 13.1. The molecule has 0 heterocycles. The maximum Gasteiger partial charge on any atom is 0.322 e. The summed E-state index contributed by atoms with van der Waals surface area (Å²) in [5, 5.41) is 2.41. The molecule has 0 saturated carbocycles. The van der Waals surface area contributed by atoms with Gasteiger partial charge in [0.25, 0.3) is 0 Å². The van der Waals surface area contributed by atoms with Crippen molar-refractivity contribution in [3.8, 4) is 12.3 Å². The van der Waals surface area contributed by atoms with Crippen LogP contribution < -0.4 is 5.32 Å². The van der Waals surface area contributed by atoms with Crippen LogP contribution in [0.5, 0.6) is 0 Å². The van der Waals surface area contributed by atoms with Gasteiger partial charge in [-0.1, -0.05) is 18.1 Å². The van der Waals surface area contributed by atoms with E-state index in [1.165, 1.54) is 24.1 Å². The van der Waals surface area contributed by atoms with E-state index in [0.29, 0.717) is 0 Å². The number of nitrogens with zero attached hydrogens (tertiary/aromatic N) is 1. The van der Waals surface area contributed by atoms with Gasteiger partial charge in [-0.25, -0.2) is 9.18 Å². The summed E-state index contributed by atoms with van der Waals surface area (Å²) in [6, 6.07) is 5.52. The minimum absolute atomic E-state index is 0.145. The third kappa shape index (κ3) is 2.99. The zero-order valence-electron chi connectivity index (χ0n) is 8.33. The van der Waals surface area contributed by atoms with Crippen LogP contribution >= 0.6 is 0 Å². The van der Waals surface area contributed by atoms with Gasteiger partial charge >= 0.3 is 6.03 Å². The summed E-state index contributed by atoms with van der Waals surface area (Å²) in [6.07, 6.45) is 5.04. The Morgan fingerprint density at radius 1 is 1.60 bits per heavy atom. The summed E-state index contributed by atoms with van der Waals surface area (Å²) in [7, 11) is 1.54. The first kappa shape index (κ1) is 11.1. The molecule has 3 nitrogen and oxygen atoms in total. The van der Waals surface area contributed by atoms with Gasteiger partial charge in [0.1, 0.15) is 5.82 Å². The first-order valence-electron chi connectivity index (χ1n) is 4.35. The normalized spacial score (nSPS) is 9.13. The Morgan fingerprint density at radius 3 is 2.87 bits per heavy atom. The molecular weight excluding hydrogens is 195 g/mol. The lowest BCUT2D eigenvalue weighted by Gasteiger charge is -2.15. The molecule has 15 heavy (non-hydrogen) atoms. The first-order valence-corrected chi connectivity index (χ1v) is 4.35. The molecule has 1 aromatic rings. The molecule has 0 aliphatic rings. The van der Waals surface area contributed by atoms with E-state index in [0.717, 1.165) is 0 Å². The zero-order valence-corrected chi connectivity index (χ0v) is 8.33. The quantitative estimate of drug-likeness (QED) is 0.737. The monoisotopic (exact) mass is 206 g/mol. The predicted molar refractivity (Wildman–Crippen MR) is 56.9 cm³/mol. The number of carbonyl (C=O) groups excluding carboxylic acids is 1. The van der Waals surface area contributed by atoms with Crippen LogP contribution in [-0.2, 0) is 0 Å². The second kappa shape index (κ2) is 5.01. The number of hydrogen-bond donors (Lipinski definition) is 1. The van der Waals surface area contributed by atoms with Crippen molar-refractivity contribution in [1.82, 2.24) is 4.90 Å². The molecule has 78 valence electrons. The fourth-order valence-corrected chi connectivity index (χ4v) is 0.982. The van der Waals surface area contributed by atoms with Gasteiger partial charge in [0.15, 0.2) is 0 Å². The highest BCUT2D eigenvalue weighted by Crippen LogP contribution is 2.12. The van der Waals surface area contributed by atoms with Gasteiger partial charge in [-0.3, -0.25) is 0 Å². The Hall–Kier alpha value is -2.02. The van der Waals surface area contributed by atoms with E-state index < -0.39 is 11.8 Å². The topological polar surface area (TPSA) is 32.3 Å². The van der Waals surface area contributed by atoms with Crippen molar-refractivity contribution < 1.29 is 9.18 Å². The van der Waals surface area contributed by atoms with Crippen LogP contribution in [0.4, 0.5) is 14.9 Å². The van der Waals surface area contributed by atoms with Crippen LogP contribution in [0, 0.1) is 18.2 Å². The average Bonchev–Trinajstić information content (AvgIpc) is 2.21. The number of terminal acetylenes is 1. The van der Waals surface area contributed by atoms with Crippen LogP contribution in [0.2, 0.25) is 0 Å². The number of nitrogens with one attached hydrogen (secondary N) is 1. The molecule has 1 N–H and O–H groups in total. The van der Waals surface area contributed by atoms with Crippen molar-refractivity contribution in [3.05, 3.63) is 30.1 Å². The second-order valence-corrected chi connectivity index (χ2v) is 2.97. The SMILES string of the molecule is C#CCN(C)C(=O)Nc1ccccc1F. The van der Waals surface area contributed by atoms with Crippen LogP contribution in [0.25, 0.3) is 0 Å². The minimum Gasteiger partial charge on any atom is -0.316 e. The Labute approximate surface area is 87.9 Å². The summed E-state index contributed by atoms with van der Waals surface area (Å²) in [5.41, 5.74) is 0.145. The molecule has 0 aromatic heterocycles. The van der Waals surface area contributed by atoms with Crippen molar-refractivity contribution in [2.75, 3.05) is 18.9 Å². The lowest BCUT2D eigenvalue weighted by atomic mass is 10.3. The fraction of sp³-hybridized carbons (Fsp3) is 0.182. The Kier molecular flexibility index (Phi) is 3.69. The molecule has 1 rings (SSSR count). The third-order valence-corrected chi connectivity index (χ3v) is 1.79. The zero-order chi connectivity index (χ0) is 11.3. The van der Waals surface area contributed by atoms with Gasteiger partial charge < -0.3 is 10.2 Å². The van der Waals surface area contributed by atoms with Gasteiger partial charge in [0.2, 0.25) is 0 Å². The van der Waals surface area contributed by atoms with Crippen LogP contribution in [0.3, 0.4) is 0 Å². The van der Waals surface area contributed by atoms with Crippen molar-refractivity contribution in [2.24, 2.45) is 0 Å². The molecule has 0 aliphatic heterocycles. The van der Waals surface area contributed by atoms with Gasteiger partial charge in [0.05, 0.1) is 12.2 Å². The molecule has 0 radical (unpaired) electrons. The third-order valence-electron chi connectivity index (χ3n) is 1.79. The molecular formula is C11H11FN2O. The summed E-state index contributed by atoms with van der Waals surface area (Å²) >= 11 is 0. The summed E-state index contributed by atoms with van der Waals surface area (Å²) in [5.74, 6) is 1.85. The molecule has 0 saturated heterocycles. The smallest absolute Gasteiger partial charge is 0.316 e. The highest BCUT2D eigenvalue weighted by Gasteiger charge is 2.09. The number of anilines is 1. The molecule has 0 fully saturated rings. The van der Waals surface area contributed by atoms with Gasteiger partial charge in [-0.15, -0.1) is 6.42 Å². The van der Waals surface area contributed by atoms with Gasteiger partial charge in [0, 0.05) is 7.05 Å². The number of halogens is 1. The number of urea groups is 1. The summed E-state index contributed by atoms with van der Waals surface area (Å²) in [4.78, 5) is 12.7. The number of hydrogen-bond acceptors (Lipinski definition) is 1. The van der Waals surface area contributed by atoms with Gasteiger partial charge in [-0.2, -0.15) is 0 Å². The number of para-hydroxylation sites is 1. The molecule has 4 heteroatoms. The van der Waals surface area contributed by atoms with E-state index in [4.69, 9.17) is 6.42 Å². The van der Waals surface area contributed by atoms with E-state index in [-0.39, 0.29) is 12.2 Å². The lowest BCUT2D eigenvalue weighted by Crippen LogP contribution is -2.31. The largest absolute Gasteiger partial charge is 0.322 e. The van der Waals surface area contributed by atoms with Crippen molar-refractivity contribution >= 4 is 11.7 Å². The Bertz CT molecular complexity index is 398. The van der Waals surface area contributed by atoms with Crippen molar-refractivity contribution in [1.29, 1.82) is 0 Å². The Morgan fingerprint density at radius 2 is 2.27 bits per heavy atom. The molecule has 1 aromatic carbocycles. The average molecular weight is 206 g/mol. The number of rotatable bonds is 2. The standard InChI is InChI=1S/C11H11FN2O/c1-3-8-14(2)11(15)13-10-7-5-4-6-9(10)12/h1,4-7H,8H2,2H3,(H,13,15). The number of benzene rings is 1. The van der Waals surface area contributed by atoms with E-state index in [1.54, 1.807) is 12.1 Å². The molecule has 0 unspecified atom stereocenters. The van der Waals surface area contributed by atoms with Crippen LogP contribution in [0.1, 0.15) is 0 Å². The highest BCUT2D eigenvalue weighted by molar-refractivity contribution is 5.89. The van der Waals surface area contributed by atoms with Crippen LogP contribution in [0.15, 0.2) is 24.3 Å². The van der Waals surface area contributed by atoms with Gasteiger partial charge in [-0.05, 0) is 12.1 Å². The van der Waals surface area contributed by atoms with E-state index in [2.05, 4.69) is 11.2 Å². The number of amides is 2. The maximum atomic E-state index is 13.1. The summed E-state index contributed by atoms with van der Waals surface area (Å²) in [6.45, 7) is 0.181. The lowest BCUT2D eigenvalue weighted by molar-refractivity contribution is 0.227. The molecule has 0 aliphatic carbocycles. The van der Waals surface area contributed by atoms with Crippen LogP contribution in [-0.4, -0.2) is 24.5 Å². The molecule has 2 amide bonds. The minimum atomic E-state index is -0.472. The van der Waals surface area contributed by atoms with E-state index >= 15 is 0 Å². The van der Waals surface area contributed by atoms with Crippen molar-refractivity contribution in [3.63, 3.8) is 0 Å². The second-order valence-electron chi connectivity index (χ2n) is 2.97. The fourth-order valence-electron chi connectivity index (χ4n) is 0.982. The van der Waals surface area contributed by atoms with E-state index in [1.807, 2.05) is 0 Å². The first-order chi connectivity index (χ1) is 7.15. The molecule has 0 atom stereocenters. The highest BCUT2D eigenvalue weighted by atomic mass is 19.1. The Balaban J connectivity index is 2.67. The predicted octanol–water partition coefficient (Wildman–Crippen LogP) is 1.92. The van der Waals surface area contributed by atoms with Crippen molar-refractivity contribution in [2.45, 2.75) is 0 Å². The molecule has 0 bridgehead atoms. The number of carbonyl (C=O) groups is 1.